The van der Waals surface area contributed by atoms with Crippen molar-refractivity contribution in [2.75, 3.05) is 26.2 Å². The number of nitriles is 1. The monoisotopic (exact) mass is 274 g/mol. The third kappa shape index (κ3) is 4.22. The summed E-state index contributed by atoms with van der Waals surface area (Å²) in [6.07, 6.45) is 0.690. The number of β-amino-alcohol motifs (C(OH)–C–C–N with tert-alkyl or cyclic N) is 1. The largest absolute Gasteiger partial charge is 0.491 e. The number of rotatable bonds is 5. The Morgan fingerprint density at radius 2 is 2.10 bits per heavy atom. The highest BCUT2D eigenvalue weighted by molar-refractivity contribution is 5.34. The van der Waals surface area contributed by atoms with Crippen molar-refractivity contribution in [3.63, 3.8) is 0 Å². The molecule has 0 spiro atoms. The molecule has 1 aromatic rings. The first kappa shape index (κ1) is 14.8. The van der Waals surface area contributed by atoms with Gasteiger partial charge >= 0.3 is 0 Å². The van der Waals surface area contributed by atoms with Gasteiger partial charge in [0.15, 0.2) is 0 Å². The standard InChI is InChI=1S/C16H22N2O2/c1-16(2)7-8-18(12-16)10-14(19)11-20-15-5-3-13(9-17)4-6-15/h3-6,14,19H,7-8,10-12H2,1-2H3. The van der Waals surface area contributed by atoms with Crippen LogP contribution in [0.25, 0.3) is 0 Å². The Morgan fingerprint density at radius 3 is 2.65 bits per heavy atom. The molecule has 0 aliphatic carbocycles. The molecule has 1 fully saturated rings. The summed E-state index contributed by atoms with van der Waals surface area (Å²) in [6, 6.07) is 9.00. The van der Waals surface area contributed by atoms with E-state index >= 15 is 0 Å². The SMILES string of the molecule is CC1(C)CCN(CC(O)COc2ccc(C#N)cc2)C1. The molecule has 1 saturated heterocycles. The number of hydrogen-bond donors (Lipinski definition) is 1. The maximum Gasteiger partial charge on any atom is 0.119 e. The van der Waals surface area contributed by atoms with Gasteiger partial charge in [0.05, 0.1) is 11.6 Å². The Labute approximate surface area is 120 Å². The topological polar surface area (TPSA) is 56.5 Å². The van der Waals surface area contributed by atoms with Crippen molar-refractivity contribution in [1.82, 2.24) is 4.90 Å². The van der Waals surface area contributed by atoms with Crippen LogP contribution in [0.2, 0.25) is 0 Å². The number of benzene rings is 1. The molecule has 1 aromatic carbocycles. The maximum atomic E-state index is 10.0. The van der Waals surface area contributed by atoms with Gasteiger partial charge in [0, 0.05) is 13.1 Å². The third-order valence-corrected chi connectivity index (χ3v) is 3.65. The molecule has 1 aliphatic rings. The molecule has 20 heavy (non-hydrogen) atoms. The lowest BCUT2D eigenvalue weighted by atomic mass is 9.93. The summed E-state index contributed by atoms with van der Waals surface area (Å²) in [7, 11) is 0. The number of aliphatic hydroxyl groups excluding tert-OH is 1. The summed E-state index contributed by atoms with van der Waals surface area (Å²) in [5.41, 5.74) is 0.963. The summed E-state index contributed by atoms with van der Waals surface area (Å²) in [6.45, 7) is 7.52. The van der Waals surface area contributed by atoms with Crippen molar-refractivity contribution in [1.29, 1.82) is 5.26 Å². The minimum absolute atomic E-state index is 0.281. The van der Waals surface area contributed by atoms with Crippen molar-refractivity contribution >= 4 is 0 Å². The second-order valence-corrected chi connectivity index (χ2v) is 6.25. The minimum atomic E-state index is -0.487. The highest BCUT2D eigenvalue weighted by atomic mass is 16.5. The average molecular weight is 274 g/mol. The van der Waals surface area contributed by atoms with Gasteiger partial charge in [-0.2, -0.15) is 5.26 Å². The fourth-order valence-electron chi connectivity index (χ4n) is 2.55. The van der Waals surface area contributed by atoms with Gasteiger partial charge in [-0.05, 0) is 42.6 Å². The van der Waals surface area contributed by atoms with Crippen LogP contribution in [0, 0.1) is 16.7 Å². The highest BCUT2D eigenvalue weighted by Crippen LogP contribution is 2.28. The van der Waals surface area contributed by atoms with Gasteiger partial charge in [-0.15, -0.1) is 0 Å². The molecule has 1 aliphatic heterocycles. The van der Waals surface area contributed by atoms with Crippen LogP contribution in [-0.2, 0) is 0 Å². The number of hydrogen-bond acceptors (Lipinski definition) is 4. The lowest BCUT2D eigenvalue weighted by Gasteiger charge is -2.22. The van der Waals surface area contributed by atoms with Crippen LogP contribution in [0.1, 0.15) is 25.8 Å². The number of likely N-dealkylation sites (tertiary alicyclic amines) is 1. The van der Waals surface area contributed by atoms with Crippen LogP contribution < -0.4 is 4.74 Å². The zero-order valence-electron chi connectivity index (χ0n) is 12.2. The highest BCUT2D eigenvalue weighted by Gasteiger charge is 2.29. The molecule has 1 heterocycles. The van der Waals surface area contributed by atoms with E-state index in [9.17, 15) is 5.11 Å². The van der Waals surface area contributed by atoms with Crippen molar-refractivity contribution in [2.24, 2.45) is 5.41 Å². The van der Waals surface area contributed by atoms with E-state index in [2.05, 4.69) is 24.8 Å². The summed E-state index contributed by atoms with van der Waals surface area (Å²) in [5, 5.41) is 18.7. The second kappa shape index (κ2) is 6.25. The van der Waals surface area contributed by atoms with Crippen LogP contribution in [0.4, 0.5) is 0 Å². The quantitative estimate of drug-likeness (QED) is 0.892. The molecule has 0 aromatic heterocycles. The molecule has 108 valence electrons. The van der Waals surface area contributed by atoms with Crippen molar-refractivity contribution in [2.45, 2.75) is 26.4 Å². The van der Waals surface area contributed by atoms with Gasteiger partial charge in [0.25, 0.3) is 0 Å². The normalized spacial score (nSPS) is 19.5. The van der Waals surface area contributed by atoms with Crippen LogP contribution in [-0.4, -0.2) is 42.4 Å². The van der Waals surface area contributed by atoms with E-state index in [-0.39, 0.29) is 6.61 Å². The summed E-state index contributed by atoms with van der Waals surface area (Å²) in [4.78, 5) is 2.28. The Balaban J connectivity index is 1.75. The van der Waals surface area contributed by atoms with Crippen molar-refractivity contribution in [3.8, 4) is 11.8 Å². The van der Waals surface area contributed by atoms with Gasteiger partial charge in [-0.3, -0.25) is 0 Å². The maximum absolute atomic E-state index is 10.0. The van der Waals surface area contributed by atoms with Gasteiger partial charge in [-0.1, -0.05) is 13.8 Å². The molecular formula is C16H22N2O2. The Bertz CT molecular complexity index is 476. The molecule has 0 saturated carbocycles. The molecule has 0 amide bonds. The van der Waals surface area contributed by atoms with Crippen LogP contribution >= 0.6 is 0 Å². The van der Waals surface area contributed by atoms with E-state index in [1.54, 1.807) is 24.3 Å². The summed E-state index contributed by atoms with van der Waals surface area (Å²) >= 11 is 0. The van der Waals surface area contributed by atoms with Crippen LogP contribution in [0.3, 0.4) is 0 Å². The zero-order chi connectivity index (χ0) is 14.6. The lowest BCUT2D eigenvalue weighted by molar-refractivity contribution is 0.0730. The Hall–Kier alpha value is -1.57. The molecule has 1 unspecified atom stereocenters. The molecule has 0 radical (unpaired) electrons. The van der Waals surface area contributed by atoms with Crippen LogP contribution in [0.15, 0.2) is 24.3 Å². The van der Waals surface area contributed by atoms with Crippen molar-refractivity contribution < 1.29 is 9.84 Å². The predicted molar refractivity (Wildman–Crippen MR) is 77.5 cm³/mol. The molecule has 1 atom stereocenters. The molecule has 2 rings (SSSR count). The molecule has 4 heteroatoms. The zero-order valence-corrected chi connectivity index (χ0v) is 12.2. The van der Waals surface area contributed by atoms with E-state index < -0.39 is 6.10 Å². The third-order valence-electron chi connectivity index (χ3n) is 3.65. The molecule has 0 bridgehead atoms. The lowest BCUT2D eigenvalue weighted by Crippen LogP contribution is -2.35. The summed E-state index contributed by atoms with van der Waals surface area (Å²) < 4.78 is 5.54. The molecule has 1 N–H and O–H groups in total. The first-order valence-corrected chi connectivity index (χ1v) is 7.02. The second-order valence-electron chi connectivity index (χ2n) is 6.25. The van der Waals surface area contributed by atoms with Gasteiger partial charge in [0.2, 0.25) is 0 Å². The number of nitrogens with zero attached hydrogens (tertiary/aromatic N) is 2. The van der Waals surface area contributed by atoms with Gasteiger partial charge in [0.1, 0.15) is 18.5 Å². The fourth-order valence-corrected chi connectivity index (χ4v) is 2.55. The summed E-state index contributed by atoms with van der Waals surface area (Å²) in [5.74, 6) is 0.685. The molecule has 4 nitrogen and oxygen atoms in total. The van der Waals surface area contributed by atoms with Gasteiger partial charge in [-0.25, -0.2) is 0 Å². The number of ether oxygens (including phenoxy) is 1. The Morgan fingerprint density at radius 1 is 1.40 bits per heavy atom. The minimum Gasteiger partial charge on any atom is -0.491 e. The van der Waals surface area contributed by atoms with Gasteiger partial charge < -0.3 is 14.7 Å². The van der Waals surface area contributed by atoms with E-state index in [4.69, 9.17) is 10.00 Å². The van der Waals surface area contributed by atoms with E-state index in [1.807, 2.05) is 0 Å². The predicted octanol–water partition coefficient (Wildman–Crippen LogP) is 2.03. The average Bonchev–Trinajstić information content (AvgIpc) is 2.76. The first-order valence-electron chi connectivity index (χ1n) is 7.02. The molecular weight excluding hydrogens is 252 g/mol. The van der Waals surface area contributed by atoms with Crippen molar-refractivity contribution in [3.05, 3.63) is 29.8 Å². The smallest absolute Gasteiger partial charge is 0.119 e. The van der Waals surface area contributed by atoms with Crippen LogP contribution in [0.5, 0.6) is 5.75 Å². The Kier molecular flexibility index (Phi) is 4.64. The first-order chi connectivity index (χ1) is 9.48. The van der Waals surface area contributed by atoms with E-state index in [0.29, 0.717) is 23.3 Å². The van der Waals surface area contributed by atoms with E-state index in [1.165, 1.54) is 6.42 Å². The fraction of sp³-hybridized carbons (Fsp3) is 0.562. The van der Waals surface area contributed by atoms with E-state index in [0.717, 1.165) is 13.1 Å². The number of aliphatic hydroxyl groups is 1.